The summed E-state index contributed by atoms with van der Waals surface area (Å²) in [6.45, 7) is 7.73. The van der Waals surface area contributed by atoms with Crippen LogP contribution in [0.25, 0.3) is 0 Å². The molecule has 0 aromatic rings. The van der Waals surface area contributed by atoms with Gasteiger partial charge in [0.2, 0.25) is 5.91 Å². The van der Waals surface area contributed by atoms with Crippen LogP contribution in [0.2, 0.25) is 0 Å². The molecule has 26 heavy (non-hydrogen) atoms. The molecule has 0 saturated heterocycles. The molecule has 0 unspecified atom stereocenters. The van der Waals surface area contributed by atoms with Gasteiger partial charge in [-0.2, -0.15) is 0 Å². The van der Waals surface area contributed by atoms with Crippen molar-refractivity contribution >= 4 is 5.91 Å². The summed E-state index contributed by atoms with van der Waals surface area (Å²) in [5.74, 6) is 0.882. The molecule has 0 aliphatic heterocycles. The van der Waals surface area contributed by atoms with E-state index in [0.717, 1.165) is 19.1 Å². The lowest BCUT2D eigenvalue weighted by Crippen LogP contribution is -2.35. The van der Waals surface area contributed by atoms with Crippen molar-refractivity contribution in [2.75, 3.05) is 66.4 Å². The number of hydrogen-bond donors (Lipinski definition) is 2. The van der Waals surface area contributed by atoms with Crippen LogP contribution in [0.1, 0.15) is 39.0 Å². The van der Waals surface area contributed by atoms with Crippen LogP contribution in [0, 0.1) is 5.92 Å². The highest BCUT2D eigenvalue weighted by atomic mass is 16.6. The quantitative estimate of drug-likeness (QED) is 0.397. The molecule has 0 atom stereocenters. The highest BCUT2D eigenvalue weighted by Crippen LogP contribution is 2.23. The Balaban J connectivity index is 1.70. The smallest absolute Gasteiger partial charge is 0.222 e. The standard InChI is InChI=1S/C19H38N2O5/c1-17-3-5-18(6-4-17)21-8-10-24-12-14-26-16-15-25-13-11-23-9-7-19(22)20-2/h17-18,21H,3-16H2,1-2H3,(H,20,22). The largest absolute Gasteiger partial charge is 0.379 e. The summed E-state index contributed by atoms with van der Waals surface area (Å²) in [5.41, 5.74) is 0. The fraction of sp³-hybridized carbons (Fsp3) is 0.947. The summed E-state index contributed by atoms with van der Waals surface area (Å²) < 4.78 is 21.7. The molecule has 1 aliphatic rings. The molecule has 7 heteroatoms. The van der Waals surface area contributed by atoms with E-state index in [1.54, 1.807) is 7.05 Å². The van der Waals surface area contributed by atoms with E-state index in [4.69, 9.17) is 18.9 Å². The zero-order valence-corrected chi connectivity index (χ0v) is 16.6. The van der Waals surface area contributed by atoms with Crippen LogP contribution in [-0.4, -0.2) is 78.4 Å². The van der Waals surface area contributed by atoms with Gasteiger partial charge < -0.3 is 29.6 Å². The Hall–Kier alpha value is -0.730. The second-order valence-corrected chi connectivity index (χ2v) is 6.78. The van der Waals surface area contributed by atoms with Gasteiger partial charge in [0.25, 0.3) is 0 Å². The number of rotatable bonds is 16. The molecule has 7 nitrogen and oxygen atoms in total. The molecule has 0 heterocycles. The normalized spacial score (nSPS) is 20.2. The van der Waals surface area contributed by atoms with Crippen LogP contribution >= 0.6 is 0 Å². The van der Waals surface area contributed by atoms with Crippen LogP contribution in [0.4, 0.5) is 0 Å². The summed E-state index contributed by atoms with van der Waals surface area (Å²) in [6.07, 6.45) is 5.66. The average molecular weight is 375 g/mol. The third kappa shape index (κ3) is 13.5. The van der Waals surface area contributed by atoms with Crippen molar-refractivity contribution in [1.29, 1.82) is 0 Å². The molecule has 1 rings (SSSR count). The first-order valence-electron chi connectivity index (χ1n) is 9.97. The van der Waals surface area contributed by atoms with E-state index in [1.165, 1.54) is 25.7 Å². The second kappa shape index (κ2) is 16.4. The number of carbonyl (C=O) groups is 1. The van der Waals surface area contributed by atoms with E-state index >= 15 is 0 Å². The molecular weight excluding hydrogens is 336 g/mol. The van der Waals surface area contributed by atoms with Gasteiger partial charge in [0.05, 0.1) is 52.9 Å². The van der Waals surface area contributed by atoms with Gasteiger partial charge in [-0.05, 0) is 31.6 Å². The summed E-state index contributed by atoms with van der Waals surface area (Å²) in [6, 6.07) is 0.677. The molecular formula is C19H38N2O5. The maximum absolute atomic E-state index is 11.0. The Bertz CT molecular complexity index is 336. The minimum Gasteiger partial charge on any atom is -0.379 e. The molecule has 0 bridgehead atoms. The average Bonchev–Trinajstić information content (AvgIpc) is 2.66. The third-order valence-electron chi connectivity index (χ3n) is 4.56. The molecule has 0 spiro atoms. The van der Waals surface area contributed by atoms with Crippen LogP contribution in [0.5, 0.6) is 0 Å². The predicted molar refractivity (Wildman–Crippen MR) is 101 cm³/mol. The molecule has 1 amide bonds. The lowest BCUT2D eigenvalue weighted by molar-refractivity contribution is -0.121. The summed E-state index contributed by atoms with van der Waals surface area (Å²) in [4.78, 5) is 11.0. The zero-order valence-electron chi connectivity index (χ0n) is 16.6. The van der Waals surface area contributed by atoms with Crippen molar-refractivity contribution in [3.05, 3.63) is 0 Å². The first-order chi connectivity index (χ1) is 12.7. The number of hydrogen-bond acceptors (Lipinski definition) is 6. The van der Waals surface area contributed by atoms with E-state index in [9.17, 15) is 4.79 Å². The molecule has 0 radical (unpaired) electrons. The van der Waals surface area contributed by atoms with Gasteiger partial charge >= 0.3 is 0 Å². The highest BCUT2D eigenvalue weighted by Gasteiger charge is 2.16. The SMILES string of the molecule is CNC(=O)CCOCCOCCOCCOCCNC1CCC(C)CC1. The van der Waals surface area contributed by atoms with E-state index in [0.29, 0.717) is 58.7 Å². The maximum Gasteiger partial charge on any atom is 0.222 e. The Morgan fingerprint density at radius 3 is 1.85 bits per heavy atom. The van der Waals surface area contributed by atoms with Crippen molar-refractivity contribution in [2.45, 2.75) is 45.1 Å². The summed E-state index contributed by atoms with van der Waals surface area (Å²) >= 11 is 0. The van der Waals surface area contributed by atoms with Gasteiger partial charge in [0.15, 0.2) is 0 Å². The topological polar surface area (TPSA) is 78.1 Å². The van der Waals surface area contributed by atoms with Crippen LogP contribution < -0.4 is 10.6 Å². The van der Waals surface area contributed by atoms with Gasteiger partial charge in [-0.3, -0.25) is 4.79 Å². The number of amides is 1. The predicted octanol–water partition coefficient (Wildman–Crippen LogP) is 1.36. The van der Waals surface area contributed by atoms with Crippen molar-refractivity contribution in [3.8, 4) is 0 Å². The molecule has 2 N–H and O–H groups in total. The Morgan fingerprint density at radius 2 is 1.31 bits per heavy atom. The minimum absolute atomic E-state index is 0.0130. The van der Waals surface area contributed by atoms with Gasteiger partial charge in [-0.1, -0.05) is 6.92 Å². The number of nitrogens with one attached hydrogen (secondary N) is 2. The van der Waals surface area contributed by atoms with Gasteiger partial charge in [-0.15, -0.1) is 0 Å². The van der Waals surface area contributed by atoms with Crippen molar-refractivity contribution in [1.82, 2.24) is 10.6 Å². The molecule has 1 fully saturated rings. The minimum atomic E-state index is -0.0130. The van der Waals surface area contributed by atoms with E-state index in [2.05, 4.69) is 17.6 Å². The van der Waals surface area contributed by atoms with Crippen molar-refractivity contribution in [2.24, 2.45) is 5.92 Å². The van der Waals surface area contributed by atoms with Crippen LogP contribution in [-0.2, 0) is 23.7 Å². The first kappa shape index (κ1) is 23.3. The summed E-state index contributed by atoms with van der Waals surface area (Å²) in [7, 11) is 1.62. The second-order valence-electron chi connectivity index (χ2n) is 6.78. The molecule has 1 saturated carbocycles. The highest BCUT2D eigenvalue weighted by molar-refractivity contribution is 5.75. The van der Waals surface area contributed by atoms with Gasteiger partial charge in [-0.25, -0.2) is 0 Å². The van der Waals surface area contributed by atoms with Crippen molar-refractivity contribution < 1.29 is 23.7 Å². The molecule has 0 aromatic heterocycles. The number of carbonyl (C=O) groups excluding carboxylic acids is 1. The van der Waals surface area contributed by atoms with Crippen LogP contribution in [0.15, 0.2) is 0 Å². The van der Waals surface area contributed by atoms with Crippen LogP contribution in [0.3, 0.4) is 0 Å². The van der Waals surface area contributed by atoms with Gasteiger partial charge in [0, 0.05) is 26.1 Å². The molecule has 1 aliphatic carbocycles. The zero-order chi connectivity index (χ0) is 18.9. The fourth-order valence-electron chi connectivity index (χ4n) is 2.85. The Kier molecular flexibility index (Phi) is 14.7. The van der Waals surface area contributed by atoms with Crippen molar-refractivity contribution in [3.63, 3.8) is 0 Å². The maximum atomic E-state index is 11.0. The number of ether oxygens (including phenoxy) is 4. The molecule has 0 aromatic carbocycles. The summed E-state index contributed by atoms with van der Waals surface area (Å²) in [5, 5.41) is 6.12. The lowest BCUT2D eigenvalue weighted by atomic mass is 9.87. The first-order valence-corrected chi connectivity index (χ1v) is 9.97. The van der Waals surface area contributed by atoms with E-state index < -0.39 is 0 Å². The Morgan fingerprint density at radius 1 is 0.808 bits per heavy atom. The fourth-order valence-corrected chi connectivity index (χ4v) is 2.85. The monoisotopic (exact) mass is 374 g/mol. The lowest BCUT2D eigenvalue weighted by Gasteiger charge is -2.26. The van der Waals surface area contributed by atoms with Gasteiger partial charge in [0.1, 0.15) is 0 Å². The van der Waals surface area contributed by atoms with E-state index in [1.807, 2.05) is 0 Å². The Labute approximate surface area is 158 Å². The third-order valence-corrected chi connectivity index (χ3v) is 4.56. The molecule has 154 valence electrons. The van der Waals surface area contributed by atoms with E-state index in [-0.39, 0.29) is 5.91 Å².